The lowest BCUT2D eigenvalue weighted by Gasteiger charge is -2.32. The van der Waals surface area contributed by atoms with E-state index in [0.717, 1.165) is 18.7 Å². The molecule has 7 heteroatoms. The van der Waals surface area contributed by atoms with Gasteiger partial charge < -0.3 is 15.1 Å². The van der Waals surface area contributed by atoms with Crippen LogP contribution in [0.3, 0.4) is 0 Å². The van der Waals surface area contributed by atoms with Crippen LogP contribution in [-0.2, 0) is 6.42 Å². The number of piperazine rings is 1. The van der Waals surface area contributed by atoms with Gasteiger partial charge in [0.2, 0.25) is 0 Å². The molecular weight excluding hydrogens is 347 g/mol. The van der Waals surface area contributed by atoms with Crippen molar-refractivity contribution in [2.75, 3.05) is 39.8 Å². The topological polar surface area (TPSA) is 65.5 Å². The number of pyridine rings is 1. The van der Waals surface area contributed by atoms with E-state index in [1.807, 2.05) is 7.05 Å². The van der Waals surface area contributed by atoms with Gasteiger partial charge in [-0.1, -0.05) is 18.2 Å². The van der Waals surface area contributed by atoms with E-state index in [0.29, 0.717) is 26.1 Å². The van der Waals surface area contributed by atoms with Crippen molar-refractivity contribution >= 4 is 11.8 Å². The van der Waals surface area contributed by atoms with Crippen LogP contribution in [-0.4, -0.2) is 66.4 Å². The van der Waals surface area contributed by atoms with Gasteiger partial charge in [0.1, 0.15) is 17.2 Å². The minimum atomic E-state index is -0.329. The zero-order valence-corrected chi connectivity index (χ0v) is 15.3. The first-order valence-corrected chi connectivity index (χ1v) is 9.00. The molecule has 6 nitrogen and oxygen atoms in total. The summed E-state index contributed by atoms with van der Waals surface area (Å²) in [6, 6.07) is 11.1. The Hall–Kier alpha value is -2.80. The molecule has 0 bridgehead atoms. The van der Waals surface area contributed by atoms with Gasteiger partial charge in [0, 0.05) is 32.7 Å². The van der Waals surface area contributed by atoms with E-state index in [1.54, 1.807) is 35.2 Å². The van der Waals surface area contributed by atoms with Gasteiger partial charge in [-0.25, -0.2) is 9.37 Å². The summed E-state index contributed by atoms with van der Waals surface area (Å²) in [5.41, 5.74) is 1.43. The van der Waals surface area contributed by atoms with E-state index in [-0.39, 0.29) is 29.0 Å². The number of aromatic nitrogens is 1. The van der Waals surface area contributed by atoms with Crippen molar-refractivity contribution in [3.8, 4) is 0 Å². The summed E-state index contributed by atoms with van der Waals surface area (Å²) in [4.78, 5) is 33.1. The van der Waals surface area contributed by atoms with Gasteiger partial charge in [-0.05, 0) is 43.3 Å². The Bertz CT molecular complexity index is 802. The first-order valence-electron chi connectivity index (χ1n) is 9.00. The fourth-order valence-electron chi connectivity index (χ4n) is 2.91. The van der Waals surface area contributed by atoms with Gasteiger partial charge in [-0.3, -0.25) is 9.59 Å². The standard InChI is InChI=1S/C20H23FN4O2/c1-24-11-13-25(14-12-24)20(27)18-4-2-3-17(23-18)19(26)22-10-9-15-5-7-16(21)8-6-15/h2-8H,9-14H2,1H3,(H,22,26). The summed E-state index contributed by atoms with van der Waals surface area (Å²) in [5.74, 6) is -0.761. The number of hydrogen-bond acceptors (Lipinski definition) is 4. The molecule has 1 aliphatic heterocycles. The van der Waals surface area contributed by atoms with Crippen molar-refractivity contribution < 1.29 is 14.0 Å². The molecule has 1 fully saturated rings. The molecule has 0 unspecified atom stereocenters. The fraction of sp³-hybridized carbons (Fsp3) is 0.350. The van der Waals surface area contributed by atoms with E-state index in [2.05, 4.69) is 15.2 Å². The molecule has 27 heavy (non-hydrogen) atoms. The van der Waals surface area contributed by atoms with Gasteiger partial charge in [0.05, 0.1) is 0 Å². The molecule has 2 heterocycles. The van der Waals surface area contributed by atoms with Crippen LogP contribution in [0.15, 0.2) is 42.5 Å². The van der Waals surface area contributed by atoms with Crippen LogP contribution in [0, 0.1) is 5.82 Å². The second kappa shape index (κ2) is 8.73. The third-order valence-electron chi connectivity index (χ3n) is 4.60. The molecule has 1 aromatic heterocycles. The number of carbonyl (C=O) groups is 2. The SMILES string of the molecule is CN1CCN(C(=O)c2cccc(C(=O)NCCc3ccc(F)cc3)n2)CC1. The molecule has 0 radical (unpaired) electrons. The number of benzene rings is 1. The average molecular weight is 370 g/mol. The minimum Gasteiger partial charge on any atom is -0.350 e. The van der Waals surface area contributed by atoms with E-state index >= 15 is 0 Å². The number of likely N-dealkylation sites (N-methyl/N-ethyl adjacent to an activating group) is 1. The Labute approximate surface area is 158 Å². The lowest BCUT2D eigenvalue weighted by Crippen LogP contribution is -2.47. The van der Waals surface area contributed by atoms with Crippen molar-refractivity contribution in [1.29, 1.82) is 0 Å². The van der Waals surface area contributed by atoms with Crippen LogP contribution < -0.4 is 5.32 Å². The maximum atomic E-state index is 12.9. The maximum absolute atomic E-state index is 12.9. The van der Waals surface area contributed by atoms with E-state index in [4.69, 9.17) is 0 Å². The van der Waals surface area contributed by atoms with Crippen molar-refractivity contribution in [3.63, 3.8) is 0 Å². The number of carbonyl (C=O) groups excluding carboxylic acids is 2. The Morgan fingerprint density at radius 1 is 1.04 bits per heavy atom. The first-order chi connectivity index (χ1) is 13.0. The molecule has 1 aliphatic rings. The Morgan fingerprint density at radius 3 is 2.41 bits per heavy atom. The number of nitrogens with one attached hydrogen (secondary N) is 1. The van der Waals surface area contributed by atoms with Crippen LogP contribution in [0.5, 0.6) is 0 Å². The van der Waals surface area contributed by atoms with Crippen LogP contribution in [0.4, 0.5) is 4.39 Å². The summed E-state index contributed by atoms with van der Waals surface area (Å²) < 4.78 is 12.9. The monoisotopic (exact) mass is 370 g/mol. The first kappa shape index (κ1) is 19.0. The normalized spacial score (nSPS) is 14.8. The van der Waals surface area contributed by atoms with Gasteiger partial charge in [-0.15, -0.1) is 0 Å². The number of halogens is 1. The summed E-state index contributed by atoms with van der Waals surface area (Å²) in [5, 5.41) is 2.79. The molecule has 0 aliphatic carbocycles. The highest BCUT2D eigenvalue weighted by Gasteiger charge is 2.22. The van der Waals surface area contributed by atoms with Crippen molar-refractivity contribution in [1.82, 2.24) is 20.1 Å². The number of rotatable bonds is 5. The second-order valence-corrected chi connectivity index (χ2v) is 6.64. The zero-order valence-electron chi connectivity index (χ0n) is 15.3. The molecule has 2 amide bonds. The number of nitrogens with zero attached hydrogens (tertiary/aromatic N) is 3. The lowest BCUT2D eigenvalue weighted by atomic mass is 10.1. The highest BCUT2D eigenvalue weighted by molar-refractivity contribution is 5.96. The van der Waals surface area contributed by atoms with Crippen LogP contribution >= 0.6 is 0 Å². The summed E-state index contributed by atoms with van der Waals surface area (Å²) in [7, 11) is 2.02. The maximum Gasteiger partial charge on any atom is 0.272 e. The van der Waals surface area contributed by atoms with Crippen LogP contribution in [0.25, 0.3) is 0 Å². The highest BCUT2D eigenvalue weighted by Crippen LogP contribution is 2.08. The summed E-state index contributed by atoms with van der Waals surface area (Å²) in [6.07, 6.45) is 0.589. The third kappa shape index (κ3) is 5.10. The van der Waals surface area contributed by atoms with E-state index in [1.165, 1.54) is 12.1 Å². The molecule has 142 valence electrons. The quantitative estimate of drug-likeness (QED) is 0.868. The van der Waals surface area contributed by atoms with Crippen LogP contribution in [0.1, 0.15) is 26.5 Å². The fourth-order valence-corrected chi connectivity index (χ4v) is 2.91. The number of amides is 2. The van der Waals surface area contributed by atoms with Crippen molar-refractivity contribution in [2.45, 2.75) is 6.42 Å². The predicted molar refractivity (Wildman–Crippen MR) is 100 cm³/mol. The Balaban J connectivity index is 1.56. The van der Waals surface area contributed by atoms with Gasteiger partial charge >= 0.3 is 0 Å². The smallest absolute Gasteiger partial charge is 0.272 e. The molecular formula is C20H23FN4O2. The summed E-state index contributed by atoms with van der Waals surface area (Å²) >= 11 is 0. The summed E-state index contributed by atoms with van der Waals surface area (Å²) in [6.45, 7) is 3.38. The molecule has 1 aromatic carbocycles. The zero-order chi connectivity index (χ0) is 19.2. The van der Waals surface area contributed by atoms with Gasteiger partial charge in [-0.2, -0.15) is 0 Å². The minimum absolute atomic E-state index is 0.149. The molecule has 0 spiro atoms. The molecule has 2 aromatic rings. The van der Waals surface area contributed by atoms with Crippen molar-refractivity contribution in [3.05, 3.63) is 65.2 Å². The lowest BCUT2D eigenvalue weighted by molar-refractivity contribution is 0.0658. The van der Waals surface area contributed by atoms with Crippen LogP contribution in [0.2, 0.25) is 0 Å². The largest absolute Gasteiger partial charge is 0.350 e. The third-order valence-corrected chi connectivity index (χ3v) is 4.60. The molecule has 1 saturated heterocycles. The van der Waals surface area contributed by atoms with E-state index < -0.39 is 0 Å². The average Bonchev–Trinajstić information content (AvgIpc) is 2.69. The van der Waals surface area contributed by atoms with Gasteiger partial charge in [0.25, 0.3) is 11.8 Å². The predicted octanol–water partition coefficient (Wildman–Crippen LogP) is 1.58. The Morgan fingerprint density at radius 2 is 1.70 bits per heavy atom. The molecule has 1 N–H and O–H groups in total. The molecule has 0 saturated carbocycles. The van der Waals surface area contributed by atoms with Gasteiger partial charge in [0.15, 0.2) is 0 Å². The number of hydrogen-bond donors (Lipinski definition) is 1. The molecule has 3 rings (SSSR count). The van der Waals surface area contributed by atoms with E-state index in [9.17, 15) is 14.0 Å². The highest BCUT2D eigenvalue weighted by atomic mass is 19.1. The second-order valence-electron chi connectivity index (χ2n) is 6.64. The van der Waals surface area contributed by atoms with Crippen molar-refractivity contribution in [2.24, 2.45) is 0 Å². The Kier molecular flexibility index (Phi) is 6.13. The molecule has 0 atom stereocenters.